The fraction of sp³-hybridized carbons (Fsp3) is 0.429. The van der Waals surface area contributed by atoms with Crippen LogP contribution in [-0.4, -0.2) is 6.18 Å². The van der Waals surface area contributed by atoms with Gasteiger partial charge in [-0.3, -0.25) is 0 Å². The lowest BCUT2D eigenvalue weighted by Crippen LogP contribution is -2.28. The smallest absolute Gasteiger partial charge is 0.412 e. The largest absolute Gasteiger partial charge is 0.464 e. The van der Waals surface area contributed by atoms with Gasteiger partial charge in [-0.2, -0.15) is 13.2 Å². The highest BCUT2D eigenvalue weighted by Crippen LogP contribution is 2.33. The molecule has 1 N–H and O–H groups in total. The summed E-state index contributed by atoms with van der Waals surface area (Å²) < 4.78 is 41.4. The van der Waals surface area contributed by atoms with Crippen molar-refractivity contribution in [3.63, 3.8) is 0 Å². The van der Waals surface area contributed by atoms with E-state index in [0.717, 1.165) is 0 Å². The van der Waals surface area contributed by atoms with Crippen molar-refractivity contribution in [2.75, 3.05) is 0 Å². The van der Waals surface area contributed by atoms with Gasteiger partial charge < -0.3 is 4.42 Å². The topological polar surface area (TPSA) is 25.2 Å². The number of nitrogens with one attached hydrogen (secondary N) is 1. The van der Waals surface area contributed by atoms with Gasteiger partial charge >= 0.3 is 6.18 Å². The molecule has 1 aromatic heterocycles. The lowest BCUT2D eigenvalue weighted by Gasteiger charge is -2.15. The summed E-state index contributed by atoms with van der Waals surface area (Å²) in [7, 11) is 0. The van der Waals surface area contributed by atoms with Crippen LogP contribution in [0, 0.1) is 6.92 Å². The molecule has 1 atom stereocenters. The van der Waals surface area contributed by atoms with Gasteiger partial charge in [0, 0.05) is 0 Å². The van der Waals surface area contributed by atoms with E-state index in [4.69, 9.17) is 16.2 Å². The third-order valence-corrected chi connectivity index (χ3v) is 1.70. The van der Waals surface area contributed by atoms with Gasteiger partial charge in [0.25, 0.3) is 0 Å². The molecule has 1 heterocycles. The van der Waals surface area contributed by atoms with Crippen LogP contribution in [0.4, 0.5) is 13.2 Å². The molecule has 1 rings (SSSR count). The monoisotopic (exact) mass is 213 g/mol. The summed E-state index contributed by atoms with van der Waals surface area (Å²) in [5.41, 5.74) is 0. The second-order valence-electron chi connectivity index (χ2n) is 2.53. The highest BCUT2D eigenvalue weighted by atomic mass is 35.5. The second kappa shape index (κ2) is 3.59. The molecular weight excluding hydrogens is 207 g/mol. The number of rotatable bonds is 2. The van der Waals surface area contributed by atoms with Crippen LogP contribution in [0.3, 0.4) is 0 Å². The normalized spacial score (nSPS) is 14.5. The van der Waals surface area contributed by atoms with E-state index < -0.39 is 12.2 Å². The molecule has 0 unspecified atom stereocenters. The number of aryl methyl sites for hydroxylation is 1. The van der Waals surface area contributed by atoms with Crippen LogP contribution in [0.2, 0.25) is 0 Å². The zero-order chi connectivity index (χ0) is 10.1. The maximum Gasteiger partial charge on any atom is 0.412 e. The molecule has 0 aliphatic heterocycles. The fourth-order valence-electron chi connectivity index (χ4n) is 0.886. The molecule has 0 amide bonds. The first-order valence-electron chi connectivity index (χ1n) is 3.44. The van der Waals surface area contributed by atoms with E-state index in [1.54, 1.807) is 11.8 Å². The van der Waals surface area contributed by atoms with Gasteiger partial charge in [0.15, 0.2) is 6.04 Å². The first-order valence-corrected chi connectivity index (χ1v) is 3.82. The van der Waals surface area contributed by atoms with Crippen molar-refractivity contribution in [1.29, 1.82) is 0 Å². The minimum atomic E-state index is -4.45. The Balaban J connectivity index is 2.91. The fourth-order valence-corrected chi connectivity index (χ4v) is 1.12. The van der Waals surface area contributed by atoms with Gasteiger partial charge in [0.1, 0.15) is 11.5 Å². The van der Waals surface area contributed by atoms with Gasteiger partial charge in [0.05, 0.1) is 0 Å². The van der Waals surface area contributed by atoms with Gasteiger partial charge in [-0.1, -0.05) is 0 Å². The predicted octanol–water partition coefficient (Wildman–Crippen LogP) is 2.93. The highest BCUT2D eigenvalue weighted by Gasteiger charge is 2.42. The van der Waals surface area contributed by atoms with Gasteiger partial charge in [-0.05, 0) is 30.8 Å². The third-order valence-electron chi connectivity index (χ3n) is 1.48. The minimum Gasteiger partial charge on any atom is -0.464 e. The van der Waals surface area contributed by atoms with Crippen LogP contribution < -0.4 is 4.84 Å². The molecule has 0 saturated carbocycles. The van der Waals surface area contributed by atoms with E-state index in [0.29, 0.717) is 5.76 Å². The average Bonchev–Trinajstić information content (AvgIpc) is 2.34. The molecule has 1 aromatic rings. The summed E-state index contributed by atoms with van der Waals surface area (Å²) in [6, 6.07) is 0.730. The van der Waals surface area contributed by atoms with Crippen LogP contribution in [0.15, 0.2) is 16.5 Å². The summed E-state index contributed by atoms with van der Waals surface area (Å²) in [4.78, 5) is 1.63. The second-order valence-corrected chi connectivity index (χ2v) is 2.75. The molecule has 0 radical (unpaired) electrons. The van der Waals surface area contributed by atoms with Crippen molar-refractivity contribution in [1.82, 2.24) is 4.84 Å². The lowest BCUT2D eigenvalue weighted by atomic mass is 10.2. The van der Waals surface area contributed by atoms with Crippen molar-refractivity contribution in [2.24, 2.45) is 0 Å². The Morgan fingerprint density at radius 3 is 2.38 bits per heavy atom. The highest BCUT2D eigenvalue weighted by molar-refractivity contribution is 6.13. The summed E-state index contributed by atoms with van der Waals surface area (Å²) in [5.74, 6) is 0.177. The Hall–Kier alpha value is -0.680. The van der Waals surface area contributed by atoms with E-state index in [1.165, 1.54) is 12.1 Å². The molecule has 0 aliphatic rings. The molecule has 13 heavy (non-hydrogen) atoms. The standard InChI is InChI=1S/C7H7ClF3NO/c1-4-2-3-5(13-4)6(12-8)7(9,10)11/h2-3,6,12H,1H3/t6-/m1/s1. The van der Waals surface area contributed by atoms with Crippen LogP contribution in [0.5, 0.6) is 0 Å². The Morgan fingerprint density at radius 2 is 2.08 bits per heavy atom. The van der Waals surface area contributed by atoms with Crippen LogP contribution in [-0.2, 0) is 0 Å². The van der Waals surface area contributed by atoms with Crippen molar-refractivity contribution < 1.29 is 17.6 Å². The van der Waals surface area contributed by atoms with Crippen molar-refractivity contribution >= 4 is 11.8 Å². The minimum absolute atomic E-state index is 0.236. The predicted molar refractivity (Wildman–Crippen MR) is 41.2 cm³/mol. The van der Waals surface area contributed by atoms with Crippen LogP contribution in [0.1, 0.15) is 17.6 Å². The molecule has 2 nitrogen and oxygen atoms in total. The maximum absolute atomic E-state index is 12.2. The summed E-state index contributed by atoms with van der Waals surface area (Å²) in [5, 5.41) is 0. The first-order chi connectivity index (χ1) is 5.95. The van der Waals surface area contributed by atoms with Crippen LogP contribution >= 0.6 is 11.8 Å². The molecule has 0 aromatic carbocycles. The molecule has 0 saturated heterocycles. The molecule has 0 fully saturated rings. The number of furan rings is 1. The van der Waals surface area contributed by atoms with E-state index in [2.05, 4.69) is 0 Å². The summed E-state index contributed by atoms with van der Waals surface area (Å²) in [6.45, 7) is 1.56. The van der Waals surface area contributed by atoms with Gasteiger partial charge in [0.2, 0.25) is 0 Å². The van der Waals surface area contributed by atoms with E-state index in [-0.39, 0.29) is 5.76 Å². The SMILES string of the molecule is Cc1ccc([C@@H](NCl)C(F)(F)F)o1. The quantitative estimate of drug-likeness (QED) is 0.765. The van der Waals surface area contributed by atoms with E-state index in [9.17, 15) is 13.2 Å². The summed E-state index contributed by atoms with van der Waals surface area (Å²) >= 11 is 4.97. The average molecular weight is 214 g/mol. The molecule has 6 heteroatoms. The van der Waals surface area contributed by atoms with Crippen molar-refractivity contribution in [3.05, 3.63) is 23.7 Å². The number of hydrogen-bond donors (Lipinski definition) is 1. The van der Waals surface area contributed by atoms with Crippen LogP contribution in [0.25, 0.3) is 0 Å². The maximum atomic E-state index is 12.2. The number of alkyl halides is 3. The Kier molecular flexibility index (Phi) is 2.87. The number of hydrogen-bond acceptors (Lipinski definition) is 2. The lowest BCUT2D eigenvalue weighted by molar-refractivity contribution is -0.156. The Morgan fingerprint density at radius 1 is 1.46 bits per heavy atom. The molecule has 74 valence electrons. The third kappa shape index (κ3) is 2.38. The number of halogens is 4. The zero-order valence-electron chi connectivity index (χ0n) is 6.65. The summed E-state index contributed by atoms with van der Waals surface area (Å²) in [6.07, 6.45) is -4.45. The molecule has 0 bridgehead atoms. The van der Waals surface area contributed by atoms with E-state index >= 15 is 0 Å². The first kappa shape index (κ1) is 10.4. The molecule has 0 spiro atoms. The van der Waals surface area contributed by atoms with Gasteiger partial charge in [-0.15, -0.1) is 0 Å². The Bertz CT molecular complexity index is 284. The van der Waals surface area contributed by atoms with Crippen molar-refractivity contribution in [3.8, 4) is 0 Å². The van der Waals surface area contributed by atoms with Crippen molar-refractivity contribution in [2.45, 2.75) is 19.1 Å². The Labute approximate surface area is 77.8 Å². The van der Waals surface area contributed by atoms with E-state index in [1.807, 2.05) is 0 Å². The molecular formula is C7H7ClF3NO. The molecule has 0 aliphatic carbocycles. The van der Waals surface area contributed by atoms with Gasteiger partial charge in [-0.25, -0.2) is 4.84 Å². The zero-order valence-corrected chi connectivity index (χ0v) is 7.41.